The third-order valence-corrected chi connectivity index (χ3v) is 7.00. The van der Waals surface area contributed by atoms with Crippen LogP contribution in [0.15, 0.2) is 42.6 Å². The van der Waals surface area contributed by atoms with Gasteiger partial charge in [0.2, 0.25) is 5.95 Å². The molecule has 10 heteroatoms. The number of nitrogens with one attached hydrogen (secondary N) is 3. The van der Waals surface area contributed by atoms with Crippen LogP contribution in [0, 0.1) is 0 Å². The zero-order chi connectivity index (χ0) is 29.9. The predicted octanol–water partition coefficient (Wildman–Crippen LogP) is 7.50. The van der Waals surface area contributed by atoms with E-state index in [9.17, 15) is 18.3 Å². The smallest absolute Gasteiger partial charge is 0.395 e. The van der Waals surface area contributed by atoms with Gasteiger partial charge in [-0.3, -0.25) is 0 Å². The number of anilines is 4. The summed E-state index contributed by atoms with van der Waals surface area (Å²) in [7, 11) is 0. The minimum Gasteiger partial charge on any atom is -0.395 e. The van der Waals surface area contributed by atoms with Crippen molar-refractivity contribution in [2.75, 3.05) is 35.6 Å². The summed E-state index contributed by atoms with van der Waals surface area (Å²) < 4.78 is 40.4. The highest BCUT2D eigenvalue weighted by Crippen LogP contribution is 2.33. The number of alkyl halides is 3. The Labute approximate surface area is 241 Å². The summed E-state index contributed by atoms with van der Waals surface area (Å²) in [5.74, 6) is 0.978. The predicted molar refractivity (Wildman–Crippen MR) is 160 cm³/mol. The average molecular weight is 573 g/mol. The lowest BCUT2D eigenvalue weighted by atomic mass is 9.85. The van der Waals surface area contributed by atoms with Crippen molar-refractivity contribution in [1.82, 2.24) is 15.0 Å². The van der Waals surface area contributed by atoms with Gasteiger partial charge in [0.25, 0.3) is 0 Å². The van der Waals surface area contributed by atoms with E-state index in [4.69, 9.17) is 9.97 Å². The molecule has 0 aliphatic carbocycles. The van der Waals surface area contributed by atoms with Crippen LogP contribution in [0.1, 0.15) is 82.2 Å². The van der Waals surface area contributed by atoms with Gasteiger partial charge in [-0.2, -0.15) is 18.2 Å². The molecule has 41 heavy (non-hydrogen) atoms. The normalized spacial score (nSPS) is 11.9. The first-order chi connectivity index (χ1) is 19.6. The lowest BCUT2D eigenvalue weighted by molar-refractivity contribution is -0.137. The van der Waals surface area contributed by atoms with Crippen LogP contribution in [0.2, 0.25) is 0 Å². The van der Waals surface area contributed by atoms with Gasteiger partial charge in [0, 0.05) is 42.4 Å². The highest BCUT2D eigenvalue weighted by Gasteiger charge is 2.34. The van der Waals surface area contributed by atoms with E-state index in [0.29, 0.717) is 24.6 Å². The number of pyridine rings is 1. The highest BCUT2D eigenvalue weighted by molar-refractivity contribution is 5.62. The molecular weight excluding hydrogens is 529 g/mol. The quantitative estimate of drug-likeness (QED) is 0.132. The fourth-order valence-corrected chi connectivity index (χ4v) is 4.49. The number of aromatic nitrogens is 3. The molecule has 2 aromatic heterocycles. The second-order valence-electron chi connectivity index (χ2n) is 10.9. The molecule has 4 N–H and O–H groups in total. The molecule has 0 fully saturated rings. The zero-order valence-corrected chi connectivity index (χ0v) is 24.5. The fraction of sp³-hybridized carbons (Fsp3) is 0.516. The summed E-state index contributed by atoms with van der Waals surface area (Å²) in [4.78, 5) is 13.5. The molecule has 3 rings (SSSR count). The van der Waals surface area contributed by atoms with E-state index in [1.54, 1.807) is 0 Å². The number of aliphatic hydroxyl groups excluding tert-OH is 1. The molecule has 0 atom stereocenters. The summed E-state index contributed by atoms with van der Waals surface area (Å²) >= 11 is 0. The van der Waals surface area contributed by atoms with Gasteiger partial charge in [-0.25, -0.2) is 9.97 Å². The monoisotopic (exact) mass is 572 g/mol. The summed E-state index contributed by atoms with van der Waals surface area (Å²) in [5.41, 5.74) is 2.44. The molecule has 7 nitrogen and oxygen atoms in total. The molecular formula is C31H43F3N6O. The first-order valence-corrected chi connectivity index (χ1v) is 14.5. The molecule has 2 heterocycles. The minimum absolute atomic E-state index is 0.0416. The van der Waals surface area contributed by atoms with Crippen molar-refractivity contribution in [2.45, 2.75) is 84.2 Å². The van der Waals surface area contributed by atoms with Gasteiger partial charge in [0.05, 0.1) is 17.9 Å². The van der Waals surface area contributed by atoms with Gasteiger partial charge in [-0.1, -0.05) is 65.5 Å². The van der Waals surface area contributed by atoms with E-state index in [2.05, 4.69) is 34.8 Å². The van der Waals surface area contributed by atoms with E-state index < -0.39 is 11.7 Å². The Bertz CT molecular complexity index is 1230. The van der Waals surface area contributed by atoms with Crippen LogP contribution in [0.25, 0.3) is 0 Å². The number of benzene rings is 1. The van der Waals surface area contributed by atoms with Crippen molar-refractivity contribution in [2.24, 2.45) is 0 Å². The van der Waals surface area contributed by atoms with Crippen LogP contribution in [-0.4, -0.2) is 39.8 Å². The summed E-state index contributed by atoms with van der Waals surface area (Å²) in [6, 6.07) is 10.2. The lowest BCUT2D eigenvalue weighted by Gasteiger charge is -2.22. The molecule has 224 valence electrons. The number of hydrogen-bond acceptors (Lipinski definition) is 7. The van der Waals surface area contributed by atoms with Gasteiger partial charge < -0.3 is 21.1 Å². The van der Waals surface area contributed by atoms with Crippen LogP contribution in [0.4, 0.5) is 36.4 Å². The summed E-state index contributed by atoms with van der Waals surface area (Å²) in [5, 5.41) is 19.4. The largest absolute Gasteiger partial charge is 0.419 e. The average Bonchev–Trinajstić information content (AvgIpc) is 2.94. The number of aliphatic hydroxyl groups is 1. The Morgan fingerprint density at radius 2 is 1.59 bits per heavy atom. The van der Waals surface area contributed by atoms with E-state index in [0.717, 1.165) is 67.2 Å². The molecule has 0 saturated heterocycles. The van der Waals surface area contributed by atoms with Crippen LogP contribution in [-0.2, 0) is 24.4 Å². The first kappa shape index (κ1) is 32.1. The van der Waals surface area contributed by atoms with Crippen LogP contribution in [0.5, 0.6) is 0 Å². The molecule has 0 saturated carbocycles. The van der Waals surface area contributed by atoms with Crippen molar-refractivity contribution in [1.29, 1.82) is 0 Å². The molecule has 0 amide bonds. The molecule has 3 aromatic rings. The third-order valence-electron chi connectivity index (χ3n) is 7.00. The van der Waals surface area contributed by atoms with Crippen molar-refractivity contribution < 1.29 is 18.3 Å². The summed E-state index contributed by atoms with van der Waals surface area (Å²) in [6.45, 7) is 9.22. The molecule has 0 spiro atoms. The Kier molecular flexibility index (Phi) is 11.8. The maximum atomic E-state index is 13.5. The number of unbranched alkanes of at least 4 members (excludes halogenated alkanes) is 3. The van der Waals surface area contributed by atoms with Crippen molar-refractivity contribution >= 4 is 23.3 Å². The minimum atomic E-state index is -4.49. The molecule has 0 bridgehead atoms. The van der Waals surface area contributed by atoms with Crippen molar-refractivity contribution in [3.8, 4) is 0 Å². The van der Waals surface area contributed by atoms with Gasteiger partial charge in [0.15, 0.2) is 0 Å². The van der Waals surface area contributed by atoms with E-state index >= 15 is 0 Å². The Morgan fingerprint density at radius 1 is 0.829 bits per heavy atom. The molecule has 1 aromatic carbocycles. The van der Waals surface area contributed by atoms with Gasteiger partial charge in [-0.05, 0) is 42.7 Å². The van der Waals surface area contributed by atoms with E-state index in [-0.39, 0.29) is 24.4 Å². The van der Waals surface area contributed by atoms with Crippen molar-refractivity contribution in [3.63, 3.8) is 0 Å². The van der Waals surface area contributed by atoms with Gasteiger partial charge >= 0.3 is 6.18 Å². The van der Waals surface area contributed by atoms with Crippen molar-refractivity contribution in [3.05, 3.63) is 65.0 Å². The second-order valence-corrected chi connectivity index (χ2v) is 10.9. The number of halogens is 3. The zero-order valence-electron chi connectivity index (χ0n) is 24.5. The first-order valence-electron chi connectivity index (χ1n) is 14.5. The van der Waals surface area contributed by atoms with Gasteiger partial charge in [0.1, 0.15) is 11.6 Å². The number of hydrogen-bond donors (Lipinski definition) is 4. The second kappa shape index (κ2) is 15.0. The maximum Gasteiger partial charge on any atom is 0.419 e. The SMILES string of the molecule is CCCCCCNc1nc(CCNc2ncccc2C(F)(F)F)c(CCC)c(Nc2ccc(C(C)(C)CO)cc2)n1. The van der Waals surface area contributed by atoms with Gasteiger partial charge in [-0.15, -0.1) is 0 Å². The molecule has 0 radical (unpaired) electrons. The standard InChI is InChI=1S/C31H43F3N6O/c1-5-7-8-9-18-37-29-39-26(17-20-36-28-25(31(32,33)34)12-10-19-35-28)24(11-6-2)27(40-29)38-23-15-13-22(14-16-23)30(3,4)21-41/h10,12-16,19,41H,5-9,11,17-18,20-21H2,1-4H3,(H,35,36)(H2,37,38,39,40). The topological polar surface area (TPSA) is 95.0 Å². The molecule has 0 aliphatic rings. The van der Waals surface area contributed by atoms with E-state index in [1.165, 1.54) is 12.3 Å². The highest BCUT2D eigenvalue weighted by atomic mass is 19.4. The Balaban J connectivity index is 1.88. The maximum absolute atomic E-state index is 13.5. The van der Waals surface area contributed by atoms with Crippen LogP contribution in [0.3, 0.4) is 0 Å². The number of rotatable bonds is 16. The Morgan fingerprint density at radius 3 is 2.24 bits per heavy atom. The third kappa shape index (κ3) is 9.31. The summed E-state index contributed by atoms with van der Waals surface area (Å²) in [6.07, 6.45) is 3.23. The van der Waals surface area contributed by atoms with E-state index in [1.807, 2.05) is 38.1 Å². The lowest BCUT2D eigenvalue weighted by Crippen LogP contribution is -2.21. The number of nitrogens with zero attached hydrogens (tertiary/aromatic N) is 3. The van der Waals surface area contributed by atoms with Crippen LogP contribution >= 0.6 is 0 Å². The van der Waals surface area contributed by atoms with Crippen LogP contribution < -0.4 is 16.0 Å². The fourth-order valence-electron chi connectivity index (χ4n) is 4.49. The molecule has 0 aliphatic heterocycles. The molecule has 0 unspecified atom stereocenters. The Hall–Kier alpha value is -3.40.